The highest BCUT2D eigenvalue weighted by atomic mass is 19.2. The lowest BCUT2D eigenvalue weighted by Gasteiger charge is -2.25. The molecule has 1 fully saturated rings. The molecule has 1 saturated carbocycles. The van der Waals surface area contributed by atoms with E-state index in [1.165, 1.54) is 31.7 Å². The standard InChI is InChI=1S/C17H26F2N2/c1-3-4-11-21(13-8-9-13)12-10-16(20-2)14-6-5-7-15(18)17(14)19/h5-7,13,16,20H,3-4,8-12H2,1-2H3. The Kier molecular flexibility index (Phi) is 6.12. The second kappa shape index (κ2) is 7.85. The summed E-state index contributed by atoms with van der Waals surface area (Å²) in [4.78, 5) is 2.51. The SMILES string of the molecule is CCCCN(CCC(NC)c1cccc(F)c1F)C1CC1. The first-order valence-corrected chi connectivity index (χ1v) is 8.02. The van der Waals surface area contributed by atoms with Crippen LogP contribution in [0.25, 0.3) is 0 Å². The molecule has 1 aromatic carbocycles. The van der Waals surface area contributed by atoms with Crippen molar-refractivity contribution in [2.45, 2.75) is 51.1 Å². The molecule has 1 unspecified atom stereocenters. The van der Waals surface area contributed by atoms with Crippen molar-refractivity contribution >= 4 is 0 Å². The summed E-state index contributed by atoms with van der Waals surface area (Å²) in [5.41, 5.74) is 0.434. The molecule has 0 bridgehead atoms. The monoisotopic (exact) mass is 296 g/mol. The molecule has 2 rings (SSSR count). The molecule has 0 aromatic heterocycles. The first-order valence-electron chi connectivity index (χ1n) is 8.02. The van der Waals surface area contributed by atoms with Crippen molar-refractivity contribution in [2.75, 3.05) is 20.1 Å². The van der Waals surface area contributed by atoms with Crippen molar-refractivity contribution in [3.8, 4) is 0 Å². The van der Waals surface area contributed by atoms with E-state index in [0.29, 0.717) is 11.6 Å². The molecule has 4 heteroatoms. The number of unbranched alkanes of at least 4 members (excludes halogenated alkanes) is 1. The van der Waals surface area contributed by atoms with Crippen molar-refractivity contribution in [3.05, 3.63) is 35.4 Å². The quantitative estimate of drug-likeness (QED) is 0.744. The van der Waals surface area contributed by atoms with Crippen LogP contribution >= 0.6 is 0 Å². The lowest BCUT2D eigenvalue weighted by atomic mass is 10.0. The van der Waals surface area contributed by atoms with E-state index in [1.54, 1.807) is 12.1 Å². The summed E-state index contributed by atoms with van der Waals surface area (Å²) in [7, 11) is 1.81. The molecule has 0 heterocycles. The number of nitrogens with one attached hydrogen (secondary N) is 1. The number of nitrogens with zero attached hydrogens (tertiary/aromatic N) is 1. The molecule has 1 aliphatic rings. The van der Waals surface area contributed by atoms with Gasteiger partial charge in [0.05, 0.1) is 0 Å². The van der Waals surface area contributed by atoms with Crippen LogP contribution in [0.1, 0.15) is 50.6 Å². The average molecular weight is 296 g/mol. The Labute approximate surface area is 126 Å². The molecule has 1 aromatic rings. The van der Waals surface area contributed by atoms with Crippen LogP contribution in [0, 0.1) is 11.6 Å². The lowest BCUT2D eigenvalue weighted by molar-refractivity contribution is 0.244. The largest absolute Gasteiger partial charge is 0.313 e. The van der Waals surface area contributed by atoms with Crippen LogP contribution in [0.5, 0.6) is 0 Å². The van der Waals surface area contributed by atoms with Gasteiger partial charge in [-0.1, -0.05) is 25.5 Å². The molecule has 0 amide bonds. The molecule has 1 N–H and O–H groups in total. The zero-order valence-corrected chi connectivity index (χ0v) is 13.0. The molecule has 0 spiro atoms. The fraction of sp³-hybridized carbons (Fsp3) is 0.647. The van der Waals surface area contributed by atoms with Gasteiger partial charge in [0.25, 0.3) is 0 Å². The third-order valence-electron chi connectivity index (χ3n) is 4.27. The van der Waals surface area contributed by atoms with E-state index < -0.39 is 11.6 Å². The van der Waals surface area contributed by atoms with E-state index in [1.807, 2.05) is 7.05 Å². The Balaban J connectivity index is 1.96. The van der Waals surface area contributed by atoms with E-state index in [-0.39, 0.29) is 6.04 Å². The van der Waals surface area contributed by atoms with Crippen molar-refractivity contribution in [1.82, 2.24) is 10.2 Å². The number of benzene rings is 1. The van der Waals surface area contributed by atoms with Crippen LogP contribution < -0.4 is 5.32 Å². The van der Waals surface area contributed by atoms with Gasteiger partial charge in [0.2, 0.25) is 0 Å². The average Bonchev–Trinajstić information content (AvgIpc) is 3.31. The highest BCUT2D eigenvalue weighted by molar-refractivity contribution is 5.22. The maximum absolute atomic E-state index is 13.9. The van der Waals surface area contributed by atoms with E-state index >= 15 is 0 Å². The summed E-state index contributed by atoms with van der Waals surface area (Å²) in [6, 6.07) is 5.00. The van der Waals surface area contributed by atoms with Crippen molar-refractivity contribution in [1.29, 1.82) is 0 Å². The van der Waals surface area contributed by atoms with Gasteiger partial charge in [0, 0.05) is 24.2 Å². The van der Waals surface area contributed by atoms with Crippen LogP contribution in [-0.2, 0) is 0 Å². The van der Waals surface area contributed by atoms with Crippen molar-refractivity contribution in [3.63, 3.8) is 0 Å². The zero-order chi connectivity index (χ0) is 15.2. The minimum atomic E-state index is -0.766. The fourth-order valence-electron chi connectivity index (χ4n) is 2.82. The van der Waals surface area contributed by atoms with Crippen LogP contribution in [0.2, 0.25) is 0 Å². The smallest absolute Gasteiger partial charge is 0.163 e. The van der Waals surface area contributed by atoms with Crippen molar-refractivity contribution < 1.29 is 8.78 Å². The number of rotatable bonds is 9. The topological polar surface area (TPSA) is 15.3 Å². The summed E-state index contributed by atoms with van der Waals surface area (Å²) >= 11 is 0. The van der Waals surface area contributed by atoms with Gasteiger partial charge in [0.15, 0.2) is 11.6 Å². The molecule has 0 saturated heterocycles. The normalized spacial score (nSPS) is 16.4. The molecule has 0 aliphatic heterocycles. The minimum absolute atomic E-state index is 0.136. The summed E-state index contributed by atoms with van der Waals surface area (Å²) in [6.45, 7) is 4.25. The van der Waals surface area contributed by atoms with Gasteiger partial charge >= 0.3 is 0 Å². The van der Waals surface area contributed by atoms with Crippen molar-refractivity contribution in [2.24, 2.45) is 0 Å². The predicted octanol–water partition coefficient (Wildman–Crippen LogP) is 3.88. The maximum Gasteiger partial charge on any atom is 0.163 e. The van der Waals surface area contributed by atoms with Gasteiger partial charge in [-0.05, 0) is 45.3 Å². The highest BCUT2D eigenvalue weighted by Crippen LogP contribution is 2.29. The van der Waals surface area contributed by atoms with Crippen LogP contribution in [0.4, 0.5) is 8.78 Å². The van der Waals surface area contributed by atoms with Crippen LogP contribution in [-0.4, -0.2) is 31.1 Å². The summed E-state index contributed by atoms with van der Waals surface area (Å²) in [5, 5.41) is 3.12. The number of hydrogen-bond donors (Lipinski definition) is 1. The summed E-state index contributed by atoms with van der Waals surface area (Å²) in [5.74, 6) is -1.49. The van der Waals surface area contributed by atoms with E-state index in [9.17, 15) is 8.78 Å². The first-order chi connectivity index (χ1) is 10.2. The summed E-state index contributed by atoms with van der Waals surface area (Å²) in [6.07, 6.45) is 5.76. The third kappa shape index (κ3) is 4.48. The van der Waals surface area contributed by atoms with Gasteiger partial charge in [-0.25, -0.2) is 8.78 Å². The Bertz CT molecular complexity index is 446. The second-order valence-electron chi connectivity index (χ2n) is 5.89. The van der Waals surface area contributed by atoms with Crippen LogP contribution in [0.3, 0.4) is 0 Å². The molecule has 2 nitrogen and oxygen atoms in total. The fourth-order valence-corrected chi connectivity index (χ4v) is 2.82. The molecule has 1 aliphatic carbocycles. The van der Waals surface area contributed by atoms with Gasteiger partial charge in [0.1, 0.15) is 0 Å². The third-order valence-corrected chi connectivity index (χ3v) is 4.27. The Hall–Kier alpha value is -1.00. The molecule has 1 atom stereocenters. The number of hydrogen-bond acceptors (Lipinski definition) is 2. The van der Waals surface area contributed by atoms with E-state index in [2.05, 4.69) is 17.1 Å². The lowest BCUT2D eigenvalue weighted by Crippen LogP contribution is -2.31. The first kappa shape index (κ1) is 16.4. The molecule has 118 valence electrons. The Morgan fingerprint density at radius 3 is 2.67 bits per heavy atom. The van der Waals surface area contributed by atoms with Gasteiger partial charge in [-0.15, -0.1) is 0 Å². The highest BCUT2D eigenvalue weighted by Gasteiger charge is 2.29. The zero-order valence-electron chi connectivity index (χ0n) is 13.0. The van der Waals surface area contributed by atoms with E-state index in [0.717, 1.165) is 19.5 Å². The maximum atomic E-state index is 13.9. The van der Waals surface area contributed by atoms with Crippen LogP contribution in [0.15, 0.2) is 18.2 Å². The number of halogens is 2. The van der Waals surface area contributed by atoms with Gasteiger partial charge < -0.3 is 10.2 Å². The molecule has 0 radical (unpaired) electrons. The van der Waals surface area contributed by atoms with E-state index in [4.69, 9.17) is 0 Å². The Morgan fingerprint density at radius 2 is 2.05 bits per heavy atom. The minimum Gasteiger partial charge on any atom is -0.313 e. The molecular formula is C17H26F2N2. The Morgan fingerprint density at radius 1 is 1.29 bits per heavy atom. The molecular weight excluding hydrogens is 270 g/mol. The summed E-state index contributed by atoms with van der Waals surface area (Å²) < 4.78 is 27.3. The second-order valence-corrected chi connectivity index (χ2v) is 5.89. The molecule has 21 heavy (non-hydrogen) atoms. The van der Waals surface area contributed by atoms with Gasteiger partial charge in [-0.3, -0.25) is 0 Å². The predicted molar refractivity (Wildman–Crippen MR) is 82.3 cm³/mol. The van der Waals surface area contributed by atoms with Gasteiger partial charge in [-0.2, -0.15) is 0 Å².